The van der Waals surface area contributed by atoms with Crippen molar-refractivity contribution in [2.75, 3.05) is 0 Å². The van der Waals surface area contributed by atoms with Crippen LogP contribution in [0.25, 0.3) is 0 Å². The average Bonchev–Trinajstić information content (AvgIpc) is 3.18. The highest BCUT2D eigenvalue weighted by Gasteiger charge is 2.38. The summed E-state index contributed by atoms with van der Waals surface area (Å²) >= 11 is 0. The molecule has 2 atom stereocenters. The molecule has 128 valence electrons. The van der Waals surface area contributed by atoms with Crippen LogP contribution in [-0.4, -0.2) is 21.5 Å². The zero-order chi connectivity index (χ0) is 17.2. The lowest BCUT2D eigenvalue weighted by molar-refractivity contribution is -0.138. The number of carbonyl (C=O) groups is 1. The third kappa shape index (κ3) is 3.60. The second-order valence-electron chi connectivity index (χ2n) is 6.03. The van der Waals surface area contributed by atoms with Gasteiger partial charge in [0, 0.05) is 24.4 Å². The summed E-state index contributed by atoms with van der Waals surface area (Å²) in [5.74, 6) is -0.524. The first-order valence-corrected chi connectivity index (χ1v) is 7.86. The van der Waals surface area contributed by atoms with Crippen molar-refractivity contribution in [3.8, 4) is 0 Å². The SMILES string of the molecule is O=C(Cn1ccnc1)N[C@@H]1CCC[C@H]1c1ccccc1C(F)(F)F. The van der Waals surface area contributed by atoms with E-state index in [1.54, 1.807) is 23.0 Å². The number of carbonyl (C=O) groups excluding carboxylic acids is 1. The molecule has 3 rings (SSSR count). The Kier molecular flexibility index (Phi) is 4.59. The molecule has 1 fully saturated rings. The summed E-state index contributed by atoms with van der Waals surface area (Å²) in [7, 11) is 0. The van der Waals surface area contributed by atoms with Crippen LogP contribution in [0, 0.1) is 0 Å². The van der Waals surface area contributed by atoms with Crippen LogP contribution in [0.2, 0.25) is 0 Å². The quantitative estimate of drug-likeness (QED) is 0.930. The van der Waals surface area contributed by atoms with Gasteiger partial charge in [-0.05, 0) is 24.5 Å². The van der Waals surface area contributed by atoms with Gasteiger partial charge in [-0.2, -0.15) is 13.2 Å². The molecule has 0 unspecified atom stereocenters. The van der Waals surface area contributed by atoms with Crippen molar-refractivity contribution in [3.05, 3.63) is 54.1 Å². The number of alkyl halides is 3. The topological polar surface area (TPSA) is 46.9 Å². The molecule has 1 aromatic heterocycles. The Morgan fingerprint density at radius 3 is 2.79 bits per heavy atom. The van der Waals surface area contributed by atoms with Gasteiger partial charge in [0.2, 0.25) is 5.91 Å². The molecule has 1 aliphatic rings. The van der Waals surface area contributed by atoms with Crippen LogP contribution in [-0.2, 0) is 17.5 Å². The Morgan fingerprint density at radius 1 is 1.29 bits per heavy atom. The van der Waals surface area contributed by atoms with E-state index in [1.165, 1.54) is 18.5 Å². The van der Waals surface area contributed by atoms with E-state index in [0.717, 1.165) is 12.5 Å². The lowest BCUT2D eigenvalue weighted by Gasteiger charge is -2.24. The van der Waals surface area contributed by atoms with E-state index in [2.05, 4.69) is 10.3 Å². The first kappa shape index (κ1) is 16.5. The van der Waals surface area contributed by atoms with Crippen LogP contribution in [0.3, 0.4) is 0 Å². The molecule has 0 saturated heterocycles. The fraction of sp³-hybridized carbons (Fsp3) is 0.412. The Bertz CT molecular complexity index is 697. The van der Waals surface area contributed by atoms with Crippen LogP contribution in [0.15, 0.2) is 43.0 Å². The van der Waals surface area contributed by atoms with Gasteiger partial charge in [-0.15, -0.1) is 0 Å². The molecule has 1 N–H and O–H groups in total. The molecule has 24 heavy (non-hydrogen) atoms. The zero-order valence-corrected chi connectivity index (χ0v) is 13.0. The molecule has 1 saturated carbocycles. The monoisotopic (exact) mass is 337 g/mol. The largest absolute Gasteiger partial charge is 0.416 e. The van der Waals surface area contributed by atoms with Crippen molar-refractivity contribution in [2.24, 2.45) is 0 Å². The first-order valence-electron chi connectivity index (χ1n) is 7.86. The molecule has 1 heterocycles. The smallest absolute Gasteiger partial charge is 0.351 e. The van der Waals surface area contributed by atoms with Gasteiger partial charge in [0.25, 0.3) is 0 Å². The fourth-order valence-corrected chi connectivity index (χ4v) is 3.38. The molecule has 1 aromatic carbocycles. The standard InChI is InChI=1S/C17H18F3N3O/c18-17(19,20)14-6-2-1-4-12(14)13-5-3-7-15(13)22-16(24)10-23-9-8-21-11-23/h1-2,4,6,8-9,11,13,15H,3,5,7,10H2,(H,22,24)/t13-,15+/m0/s1. The normalized spacial score (nSPS) is 21.0. The molecule has 7 heteroatoms. The van der Waals surface area contributed by atoms with Crippen LogP contribution in [0.5, 0.6) is 0 Å². The Labute approximate surface area is 137 Å². The van der Waals surface area contributed by atoms with Crippen molar-refractivity contribution in [1.82, 2.24) is 14.9 Å². The number of nitrogens with zero attached hydrogens (tertiary/aromatic N) is 2. The minimum Gasteiger partial charge on any atom is -0.351 e. The first-order chi connectivity index (χ1) is 11.4. The molecule has 0 aliphatic heterocycles. The zero-order valence-electron chi connectivity index (χ0n) is 13.0. The minimum atomic E-state index is -4.38. The summed E-state index contributed by atoms with van der Waals surface area (Å²) in [4.78, 5) is 16.0. The average molecular weight is 337 g/mol. The third-order valence-corrected chi connectivity index (χ3v) is 4.41. The number of halogens is 3. The lowest BCUT2D eigenvalue weighted by atomic mass is 9.89. The Hall–Kier alpha value is -2.31. The molecule has 0 bridgehead atoms. The van der Waals surface area contributed by atoms with E-state index in [-0.39, 0.29) is 30.0 Å². The van der Waals surface area contributed by atoms with Crippen molar-refractivity contribution >= 4 is 5.91 Å². The summed E-state index contributed by atoms with van der Waals surface area (Å²) in [6, 6.07) is 5.37. The van der Waals surface area contributed by atoms with E-state index in [4.69, 9.17) is 0 Å². The molecule has 1 amide bonds. The van der Waals surface area contributed by atoms with Gasteiger partial charge in [0.1, 0.15) is 6.54 Å². The molecule has 1 aliphatic carbocycles. The predicted molar refractivity (Wildman–Crippen MR) is 82.2 cm³/mol. The molecule has 4 nitrogen and oxygen atoms in total. The molecule has 2 aromatic rings. The summed E-state index contributed by atoms with van der Waals surface area (Å²) in [6.45, 7) is 0.115. The number of imidazole rings is 1. The summed E-state index contributed by atoms with van der Waals surface area (Å²) in [6.07, 6.45) is 2.52. The van der Waals surface area contributed by atoms with E-state index >= 15 is 0 Å². The highest BCUT2D eigenvalue weighted by molar-refractivity contribution is 5.76. The fourth-order valence-electron chi connectivity index (χ4n) is 3.38. The number of aromatic nitrogens is 2. The number of hydrogen-bond donors (Lipinski definition) is 1. The van der Waals surface area contributed by atoms with Crippen molar-refractivity contribution in [3.63, 3.8) is 0 Å². The van der Waals surface area contributed by atoms with Gasteiger partial charge in [-0.25, -0.2) is 4.98 Å². The summed E-state index contributed by atoms with van der Waals surface area (Å²) < 4.78 is 41.4. The van der Waals surface area contributed by atoms with E-state index in [0.29, 0.717) is 12.8 Å². The highest BCUT2D eigenvalue weighted by atomic mass is 19.4. The Morgan fingerprint density at radius 2 is 2.08 bits per heavy atom. The van der Waals surface area contributed by atoms with E-state index < -0.39 is 11.7 Å². The third-order valence-electron chi connectivity index (χ3n) is 4.41. The molecular formula is C17H18F3N3O. The second-order valence-corrected chi connectivity index (χ2v) is 6.03. The second kappa shape index (κ2) is 6.67. The number of hydrogen-bond acceptors (Lipinski definition) is 2. The number of amides is 1. The van der Waals surface area contributed by atoms with Crippen LogP contribution >= 0.6 is 0 Å². The van der Waals surface area contributed by atoms with Crippen LogP contribution < -0.4 is 5.32 Å². The minimum absolute atomic E-state index is 0.115. The lowest BCUT2D eigenvalue weighted by Crippen LogP contribution is -2.38. The number of nitrogens with one attached hydrogen (secondary N) is 1. The Balaban J connectivity index is 1.75. The summed E-state index contributed by atoms with van der Waals surface area (Å²) in [5.41, 5.74) is -0.332. The molecule has 0 spiro atoms. The van der Waals surface area contributed by atoms with Gasteiger partial charge in [-0.3, -0.25) is 4.79 Å². The summed E-state index contributed by atoms with van der Waals surface area (Å²) in [5, 5.41) is 2.89. The van der Waals surface area contributed by atoms with Crippen LogP contribution in [0.1, 0.15) is 36.3 Å². The van der Waals surface area contributed by atoms with Gasteiger partial charge >= 0.3 is 6.18 Å². The predicted octanol–water partition coefficient (Wildman–Crippen LogP) is 3.35. The maximum atomic E-state index is 13.2. The van der Waals surface area contributed by atoms with Crippen molar-refractivity contribution < 1.29 is 18.0 Å². The van der Waals surface area contributed by atoms with E-state index in [1.807, 2.05) is 0 Å². The number of benzene rings is 1. The van der Waals surface area contributed by atoms with Gasteiger partial charge in [0.15, 0.2) is 0 Å². The number of rotatable bonds is 4. The molecule has 0 radical (unpaired) electrons. The highest BCUT2D eigenvalue weighted by Crippen LogP contribution is 2.41. The van der Waals surface area contributed by atoms with Gasteiger partial charge < -0.3 is 9.88 Å². The van der Waals surface area contributed by atoms with Gasteiger partial charge in [0.05, 0.1) is 11.9 Å². The van der Waals surface area contributed by atoms with Crippen LogP contribution in [0.4, 0.5) is 13.2 Å². The van der Waals surface area contributed by atoms with Gasteiger partial charge in [-0.1, -0.05) is 24.6 Å². The maximum absolute atomic E-state index is 13.2. The van der Waals surface area contributed by atoms with E-state index in [9.17, 15) is 18.0 Å². The molecular weight excluding hydrogens is 319 g/mol. The van der Waals surface area contributed by atoms with Crippen molar-refractivity contribution in [2.45, 2.75) is 43.9 Å². The van der Waals surface area contributed by atoms with Crippen molar-refractivity contribution in [1.29, 1.82) is 0 Å². The maximum Gasteiger partial charge on any atom is 0.416 e.